The molecule has 8 heteroatoms. The summed E-state index contributed by atoms with van der Waals surface area (Å²) < 4.78 is 5.38. The minimum atomic E-state index is -0.634. The van der Waals surface area contributed by atoms with Gasteiger partial charge >= 0.3 is 6.09 Å². The molecule has 2 rings (SSSR count). The lowest BCUT2D eigenvalue weighted by molar-refractivity contribution is -0.131. The lowest BCUT2D eigenvalue weighted by Gasteiger charge is -2.26. The van der Waals surface area contributed by atoms with E-state index in [2.05, 4.69) is 23.3 Å². The molecule has 1 aliphatic rings. The first kappa shape index (κ1) is 23.1. The number of carbonyl (C=O) groups excluding carboxylic acids is 3. The number of hydrogen-bond acceptors (Lipinski definition) is 5. The van der Waals surface area contributed by atoms with Crippen molar-refractivity contribution in [1.29, 1.82) is 0 Å². The summed E-state index contributed by atoms with van der Waals surface area (Å²) in [5, 5.41) is 5.60. The smallest absolute Gasteiger partial charge is 0.410 e. The molecule has 0 unspecified atom stereocenters. The predicted octanol–water partition coefficient (Wildman–Crippen LogP) is 2.36. The van der Waals surface area contributed by atoms with Gasteiger partial charge in [0.2, 0.25) is 11.8 Å². The van der Waals surface area contributed by atoms with Gasteiger partial charge in [-0.05, 0) is 30.7 Å². The summed E-state index contributed by atoms with van der Waals surface area (Å²) in [6.07, 6.45) is 1.29. The molecule has 0 spiro atoms. The Hall–Kier alpha value is -2.22. The third kappa shape index (κ3) is 7.27. The molecule has 0 saturated carbocycles. The topological polar surface area (TPSA) is 87.7 Å². The van der Waals surface area contributed by atoms with Crippen LogP contribution in [0, 0.1) is 5.92 Å². The molecular weight excluding hydrogens is 390 g/mol. The molecule has 2 atom stereocenters. The van der Waals surface area contributed by atoms with Gasteiger partial charge in [-0.1, -0.05) is 44.2 Å². The Kier molecular flexibility index (Phi) is 9.31. The van der Waals surface area contributed by atoms with Crippen molar-refractivity contribution in [2.45, 2.75) is 51.8 Å². The molecule has 1 saturated heterocycles. The van der Waals surface area contributed by atoms with Gasteiger partial charge in [-0.3, -0.25) is 14.5 Å². The molecule has 0 aromatic heterocycles. The van der Waals surface area contributed by atoms with Crippen LogP contribution in [-0.4, -0.2) is 53.7 Å². The fraction of sp³-hybridized carbons (Fsp3) is 0.571. The van der Waals surface area contributed by atoms with Crippen LogP contribution in [0.2, 0.25) is 0 Å². The Balaban J connectivity index is 1.95. The van der Waals surface area contributed by atoms with Crippen LogP contribution < -0.4 is 10.6 Å². The third-order valence-corrected chi connectivity index (χ3v) is 4.97. The summed E-state index contributed by atoms with van der Waals surface area (Å²) in [5.41, 5.74) is 0.888. The number of hydrogen-bond donors (Lipinski definition) is 3. The van der Waals surface area contributed by atoms with Crippen molar-refractivity contribution in [1.82, 2.24) is 15.5 Å². The Morgan fingerprint density at radius 2 is 1.97 bits per heavy atom. The van der Waals surface area contributed by atoms with Gasteiger partial charge in [-0.25, -0.2) is 4.79 Å². The number of benzene rings is 1. The second-order valence-electron chi connectivity index (χ2n) is 7.60. The van der Waals surface area contributed by atoms with E-state index in [1.54, 1.807) is 0 Å². The summed E-state index contributed by atoms with van der Waals surface area (Å²) in [7, 11) is 0. The van der Waals surface area contributed by atoms with Crippen molar-refractivity contribution in [2.24, 2.45) is 5.92 Å². The van der Waals surface area contributed by atoms with Crippen LogP contribution in [0.1, 0.15) is 38.7 Å². The number of ether oxygens (including phenoxy) is 1. The normalized spacial score (nSPS) is 17.1. The summed E-state index contributed by atoms with van der Waals surface area (Å²) in [5.74, 6) is 0.221. The van der Waals surface area contributed by atoms with Crippen molar-refractivity contribution in [3.05, 3.63) is 35.9 Å². The SMILES string of the molecule is CC(C)C[C@H](NC(=O)[C@@H]1CCCN1C(=O)OCc1ccccc1)C(=O)NCCS. The number of thiol groups is 1. The predicted molar refractivity (Wildman–Crippen MR) is 115 cm³/mol. The minimum Gasteiger partial charge on any atom is -0.445 e. The number of amides is 3. The highest BCUT2D eigenvalue weighted by atomic mass is 32.1. The van der Waals surface area contributed by atoms with E-state index < -0.39 is 18.2 Å². The number of rotatable bonds is 9. The summed E-state index contributed by atoms with van der Waals surface area (Å²) >= 11 is 4.09. The molecule has 1 heterocycles. The van der Waals surface area contributed by atoms with Crippen LogP contribution in [0.3, 0.4) is 0 Å². The monoisotopic (exact) mass is 421 g/mol. The maximum atomic E-state index is 12.8. The zero-order valence-electron chi connectivity index (χ0n) is 17.1. The standard InChI is InChI=1S/C21H31N3O4S/c1-15(2)13-17(19(25)22-10-12-29)23-20(26)18-9-6-11-24(18)21(27)28-14-16-7-4-3-5-8-16/h3-5,7-8,15,17-18,29H,6,9-14H2,1-2H3,(H,22,25)(H,23,26)/t17-,18-/m0/s1. The molecule has 1 aromatic rings. The van der Waals surface area contributed by atoms with Crippen LogP contribution in [0.4, 0.5) is 4.79 Å². The van der Waals surface area contributed by atoms with Gasteiger partial charge in [0.25, 0.3) is 0 Å². The molecule has 1 aromatic carbocycles. The Morgan fingerprint density at radius 3 is 2.62 bits per heavy atom. The lowest BCUT2D eigenvalue weighted by atomic mass is 10.0. The van der Waals surface area contributed by atoms with Crippen LogP contribution >= 0.6 is 12.6 Å². The molecule has 29 heavy (non-hydrogen) atoms. The zero-order chi connectivity index (χ0) is 21.2. The van der Waals surface area contributed by atoms with Crippen molar-refractivity contribution in [3.63, 3.8) is 0 Å². The highest BCUT2D eigenvalue weighted by Gasteiger charge is 2.36. The fourth-order valence-corrected chi connectivity index (χ4v) is 3.44. The molecule has 160 valence electrons. The van der Waals surface area contributed by atoms with Gasteiger partial charge in [0, 0.05) is 18.8 Å². The Bertz CT molecular complexity index is 684. The van der Waals surface area contributed by atoms with E-state index >= 15 is 0 Å². The summed E-state index contributed by atoms with van der Waals surface area (Å²) in [4.78, 5) is 39.2. The third-order valence-electron chi connectivity index (χ3n) is 4.75. The Labute approximate surface area is 178 Å². The van der Waals surface area contributed by atoms with E-state index in [1.165, 1.54) is 4.90 Å². The van der Waals surface area contributed by atoms with Gasteiger partial charge in [0.1, 0.15) is 18.7 Å². The molecule has 1 fully saturated rings. The molecule has 0 radical (unpaired) electrons. The second kappa shape index (κ2) is 11.7. The molecule has 3 amide bonds. The summed E-state index contributed by atoms with van der Waals surface area (Å²) in [6, 6.07) is 8.15. The van der Waals surface area contributed by atoms with E-state index in [-0.39, 0.29) is 24.3 Å². The van der Waals surface area contributed by atoms with Crippen molar-refractivity contribution in [3.8, 4) is 0 Å². The van der Waals surface area contributed by atoms with Gasteiger partial charge in [-0.15, -0.1) is 0 Å². The molecule has 2 N–H and O–H groups in total. The minimum absolute atomic E-state index is 0.159. The fourth-order valence-electron chi connectivity index (χ4n) is 3.33. The van der Waals surface area contributed by atoms with E-state index in [0.717, 1.165) is 12.0 Å². The first-order chi connectivity index (χ1) is 13.9. The molecular formula is C21H31N3O4S. The lowest BCUT2D eigenvalue weighted by Crippen LogP contribution is -2.53. The average Bonchev–Trinajstić information content (AvgIpc) is 3.20. The number of carbonyl (C=O) groups is 3. The largest absolute Gasteiger partial charge is 0.445 e. The van der Waals surface area contributed by atoms with Gasteiger partial charge in [0.05, 0.1) is 0 Å². The summed E-state index contributed by atoms with van der Waals surface area (Å²) in [6.45, 7) is 5.05. The quantitative estimate of drug-likeness (QED) is 0.534. The van der Waals surface area contributed by atoms with Gasteiger partial charge in [-0.2, -0.15) is 12.6 Å². The number of nitrogens with zero attached hydrogens (tertiary/aromatic N) is 1. The van der Waals surface area contributed by atoms with Crippen LogP contribution in [0.15, 0.2) is 30.3 Å². The van der Waals surface area contributed by atoms with E-state index in [0.29, 0.717) is 31.7 Å². The van der Waals surface area contributed by atoms with Crippen molar-refractivity contribution in [2.75, 3.05) is 18.8 Å². The van der Waals surface area contributed by atoms with Crippen LogP contribution in [-0.2, 0) is 20.9 Å². The second-order valence-corrected chi connectivity index (χ2v) is 8.04. The van der Waals surface area contributed by atoms with E-state index in [1.807, 2.05) is 44.2 Å². The van der Waals surface area contributed by atoms with Crippen molar-refractivity contribution >= 4 is 30.5 Å². The molecule has 1 aliphatic heterocycles. The van der Waals surface area contributed by atoms with Crippen LogP contribution in [0.25, 0.3) is 0 Å². The maximum absolute atomic E-state index is 12.8. The molecule has 7 nitrogen and oxygen atoms in total. The molecule has 0 aliphatic carbocycles. The number of likely N-dealkylation sites (tertiary alicyclic amines) is 1. The maximum Gasteiger partial charge on any atom is 0.410 e. The van der Waals surface area contributed by atoms with E-state index in [9.17, 15) is 14.4 Å². The number of nitrogens with one attached hydrogen (secondary N) is 2. The Morgan fingerprint density at radius 1 is 1.24 bits per heavy atom. The van der Waals surface area contributed by atoms with Gasteiger partial charge < -0.3 is 15.4 Å². The van der Waals surface area contributed by atoms with Gasteiger partial charge in [0.15, 0.2) is 0 Å². The van der Waals surface area contributed by atoms with Crippen molar-refractivity contribution < 1.29 is 19.1 Å². The zero-order valence-corrected chi connectivity index (χ0v) is 18.0. The van der Waals surface area contributed by atoms with E-state index in [4.69, 9.17) is 4.74 Å². The molecule has 0 bridgehead atoms. The highest BCUT2D eigenvalue weighted by molar-refractivity contribution is 7.80. The van der Waals surface area contributed by atoms with Crippen LogP contribution in [0.5, 0.6) is 0 Å². The first-order valence-corrected chi connectivity index (χ1v) is 10.7. The average molecular weight is 422 g/mol. The first-order valence-electron chi connectivity index (χ1n) is 10.1. The highest BCUT2D eigenvalue weighted by Crippen LogP contribution is 2.20.